The summed E-state index contributed by atoms with van der Waals surface area (Å²) in [5, 5.41) is 7.68. The lowest BCUT2D eigenvalue weighted by atomic mass is 9.98. The van der Waals surface area contributed by atoms with Gasteiger partial charge < -0.3 is 10.1 Å². The average Bonchev–Trinajstić information content (AvgIpc) is 2.90. The third kappa shape index (κ3) is 3.36. The van der Waals surface area contributed by atoms with Crippen molar-refractivity contribution in [3.63, 3.8) is 0 Å². The van der Waals surface area contributed by atoms with Crippen LogP contribution >= 0.6 is 0 Å². The van der Waals surface area contributed by atoms with Gasteiger partial charge in [0.15, 0.2) is 5.75 Å². The second kappa shape index (κ2) is 6.05. The van der Waals surface area contributed by atoms with Gasteiger partial charge in [-0.05, 0) is 56.1 Å². The number of hydrogen-bond donors (Lipinski definition) is 1. The zero-order valence-electron chi connectivity index (χ0n) is 11.3. The summed E-state index contributed by atoms with van der Waals surface area (Å²) in [7, 11) is 0. The first-order chi connectivity index (χ1) is 9.79. The van der Waals surface area contributed by atoms with Crippen molar-refractivity contribution < 1.29 is 9.13 Å². The maximum Gasteiger partial charge on any atom is 0.165 e. The third-order valence-electron chi connectivity index (χ3n) is 3.56. The molecule has 1 N–H and O–H groups in total. The molecule has 20 heavy (non-hydrogen) atoms. The van der Waals surface area contributed by atoms with Crippen molar-refractivity contribution in [3.8, 4) is 11.5 Å². The van der Waals surface area contributed by atoms with E-state index >= 15 is 0 Å². The topological polar surface area (TPSA) is 39.1 Å². The lowest BCUT2D eigenvalue weighted by Crippen LogP contribution is -2.29. The molecular formula is C15H18FN3O. The minimum Gasteiger partial charge on any atom is -0.454 e. The molecular weight excluding hydrogens is 257 g/mol. The van der Waals surface area contributed by atoms with Crippen molar-refractivity contribution in [1.29, 1.82) is 0 Å². The molecule has 0 aliphatic carbocycles. The van der Waals surface area contributed by atoms with Crippen molar-refractivity contribution in [2.75, 3.05) is 13.1 Å². The predicted octanol–water partition coefficient (Wildman–Crippen LogP) is 2.81. The van der Waals surface area contributed by atoms with E-state index in [1.807, 2.05) is 10.9 Å². The van der Waals surface area contributed by atoms with Crippen LogP contribution in [-0.2, 0) is 6.54 Å². The minimum absolute atomic E-state index is 0.265. The molecule has 1 aromatic heterocycles. The Morgan fingerprint density at radius 3 is 2.70 bits per heavy atom. The summed E-state index contributed by atoms with van der Waals surface area (Å²) in [6.45, 7) is 3.10. The van der Waals surface area contributed by atoms with E-state index in [2.05, 4.69) is 10.4 Å². The maximum absolute atomic E-state index is 12.8. The van der Waals surface area contributed by atoms with Crippen LogP contribution in [0.2, 0.25) is 0 Å². The van der Waals surface area contributed by atoms with Crippen LogP contribution in [0.5, 0.6) is 11.5 Å². The van der Waals surface area contributed by atoms with Gasteiger partial charge in [0.25, 0.3) is 0 Å². The molecule has 0 bridgehead atoms. The molecule has 1 aliphatic rings. The number of nitrogens with one attached hydrogen (secondary N) is 1. The molecule has 1 saturated heterocycles. The first-order valence-corrected chi connectivity index (χ1v) is 6.96. The lowest BCUT2D eigenvalue weighted by Gasteiger charge is -2.22. The van der Waals surface area contributed by atoms with Crippen molar-refractivity contribution in [2.24, 2.45) is 5.92 Å². The van der Waals surface area contributed by atoms with Gasteiger partial charge in [0.05, 0.1) is 12.4 Å². The van der Waals surface area contributed by atoms with Crippen LogP contribution in [-0.4, -0.2) is 22.9 Å². The fraction of sp³-hybridized carbons (Fsp3) is 0.400. The molecule has 5 heteroatoms. The van der Waals surface area contributed by atoms with Crippen molar-refractivity contribution in [2.45, 2.75) is 19.4 Å². The number of rotatable bonds is 4. The molecule has 4 nitrogen and oxygen atoms in total. The first kappa shape index (κ1) is 13.1. The van der Waals surface area contributed by atoms with Crippen LogP contribution in [0.15, 0.2) is 36.7 Å². The highest BCUT2D eigenvalue weighted by Gasteiger charge is 2.14. The van der Waals surface area contributed by atoms with Crippen molar-refractivity contribution in [1.82, 2.24) is 15.1 Å². The molecule has 0 amide bonds. The largest absolute Gasteiger partial charge is 0.454 e. The van der Waals surface area contributed by atoms with Gasteiger partial charge in [-0.2, -0.15) is 5.10 Å². The number of ether oxygens (including phenoxy) is 1. The molecule has 0 radical (unpaired) electrons. The fourth-order valence-electron chi connectivity index (χ4n) is 2.46. The average molecular weight is 275 g/mol. The minimum atomic E-state index is -0.265. The Balaban J connectivity index is 1.60. The Kier molecular flexibility index (Phi) is 3.97. The second-order valence-corrected chi connectivity index (χ2v) is 5.15. The Bertz CT molecular complexity index is 547. The second-order valence-electron chi connectivity index (χ2n) is 5.15. The van der Waals surface area contributed by atoms with E-state index in [0.717, 1.165) is 19.6 Å². The summed E-state index contributed by atoms with van der Waals surface area (Å²) >= 11 is 0. The van der Waals surface area contributed by atoms with Gasteiger partial charge in [-0.15, -0.1) is 0 Å². The molecule has 1 aliphatic heterocycles. The number of nitrogens with zero attached hydrogens (tertiary/aromatic N) is 2. The van der Waals surface area contributed by atoms with Crippen molar-refractivity contribution in [3.05, 3.63) is 42.5 Å². The van der Waals surface area contributed by atoms with E-state index in [1.165, 1.54) is 25.0 Å². The number of piperidine rings is 1. The summed E-state index contributed by atoms with van der Waals surface area (Å²) in [5.41, 5.74) is 0. The van der Waals surface area contributed by atoms with E-state index in [9.17, 15) is 4.39 Å². The van der Waals surface area contributed by atoms with Crippen LogP contribution in [0.1, 0.15) is 12.8 Å². The van der Waals surface area contributed by atoms with Gasteiger partial charge in [-0.3, -0.25) is 4.68 Å². The Morgan fingerprint density at radius 2 is 1.95 bits per heavy atom. The van der Waals surface area contributed by atoms with E-state index in [4.69, 9.17) is 4.74 Å². The molecule has 1 fully saturated rings. The molecule has 1 aromatic carbocycles. The normalized spacial score (nSPS) is 16.2. The van der Waals surface area contributed by atoms with Crippen LogP contribution in [0.25, 0.3) is 0 Å². The van der Waals surface area contributed by atoms with E-state index in [1.54, 1.807) is 18.3 Å². The summed E-state index contributed by atoms with van der Waals surface area (Å²) in [6, 6.07) is 5.99. The summed E-state index contributed by atoms with van der Waals surface area (Å²) in [6.07, 6.45) is 5.97. The monoisotopic (exact) mass is 275 g/mol. The van der Waals surface area contributed by atoms with Gasteiger partial charge in [-0.25, -0.2) is 4.39 Å². The van der Waals surface area contributed by atoms with Crippen LogP contribution in [0.4, 0.5) is 4.39 Å². The fourth-order valence-corrected chi connectivity index (χ4v) is 2.46. The van der Waals surface area contributed by atoms with Crippen LogP contribution in [0, 0.1) is 11.7 Å². The highest BCUT2D eigenvalue weighted by atomic mass is 19.1. The molecule has 0 saturated carbocycles. The zero-order valence-corrected chi connectivity index (χ0v) is 11.3. The number of halogens is 1. The Hall–Kier alpha value is -1.88. The molecule has 2 aromatic rings. The van der Waals surface area contributed by atoms with Gasteiger partial charge in [0, 0.05) is 6.54 Å². The molecule has 0 atom stereocenters. The SMILES string of the molecule is Fc1ccc(Oc2cnn(CC3CCNCC3)c2)cc1. The van der Waals surface area contributed by atoms with Crippen molar-refractivity contribution >= 4 is 0 Å². The summed E-state index contributed by atoms with van der Waals surface area (Å²) in [5.74, 6) is 1.71. The van der Waals surface area contributed by atoms with Crippen LogP contribution < -0.4 is 10.1 Å². The molecule has 0 unspecified atom stereocenters. The zero-order chi connectivity index (χ0) is 13.8. The van der Waals surface area contributed by atoms with E-state index in [-0.39, 0.29) is 5.82 Å². The maximum atomic E-state index is 12.8. The molecule has 3 rings (SSSR count). The van der Waals surface area contributed by atoms with E-state index < -0.39 is 0 Å². The third-order valence-corrected chi connectivity index (χ3v) is 3.56. The number of benzene rings is 1. The highest BCUT2D eigenvalue weighted by Crippen LogP contribution is 2.22. The molecule has 106 valence electrons. The lowest BCUT2D eigenvalue weighted by molar-refractivity contribution is 0.321. The number of hydrogen-bond acceptors (Lipinski definition) is 3. The van der Waals surface area contributed by atoms with Gasteiger partial charge in [0.1, 0.15) is 11.6 Å². The van der Waals surface area contributed by atoms with Gasteiger partial charge in [0.2, 0.25) is 0 Å². The Labute approximate surface area is 117 Å². The Morgan fingerprint density at radius 1 is 1.20 bits per heavy atom. The standard InChI is InChI=1S/C15H18FN3O/c16-13-1-3-14(4-2-13)20-15-9-18-19(11-15)10-12-5-7-17-8-6-12/h1-4,9,11-12,17H,5-8,10H2. The summed E-state index contributed by atoms with van der Waals surface area (Å²) < 4.78 is 20.4. The van der Waals surface area contributed by atoms with Gasteiger partial charge >= 0.3 is 0 Å². The first-order valence-electron chi connectivity index (χ1n) is 6.96. The van der Waals surface area contributed by atoms with E-state index in [0.29, 0.717) is 17.4 Å². The highest BCUT2D eigenvalue weighted by molar-refractivity contribution is 5.28. The van der Waals surface area contributed by atoms with Gasteiger partial charge in [-0.1, -0.05) is 0 Å². The number of aromatic nitrogens is 2. The summed E-state index contributed by atoms with van der Waals surface area (Å²) in [4.78, 5) is 0. The molecule has 2 heterocycles. The quantitative estimate of drug-likeness (QED) is 0.932. The predicted molar refractivity (Wildman–Crippen MR) is 74.3 cm³/mol. The smallest absolute Gasteiger partial charge is 0.165 e. The van der Waals surface area contributed by atoms with Crippen LogP contribution in [0.3, 0.4) is 0 Å². The molecule has 0 spiro atoms.